The Bertz CT molecular complexity index is 346. The maximum Gasteiger partial charge on any atom is 0.226 e. The Balaban J connectivity index is 0.00000154. The van der Waals surface area contributed by atoms with Crippen molar-refractivity contribution in [2.45, 2.75) is 47.1 Å². The zero-order valence-corrected chi connectivity index (χ0v) is 12.8. The molecular formula is C16H28N2O. The van der Waals surface area contributed by atoms with E-state index in [9.17, 15) is 4.79 Å². The van der Waals surface area contributed by atoms with Crippen molar-refractivity contribution in [3.8, 4) is 0 Å². The minimum atomic E-state index is 0.204. The molecule has 0 fully saturated rings. The van der Waals surface area contributed by atoms with Crippen LogP contribution in [0.5, 0.6) is 0 Å². The second kappa shape index (κ2) is 10.6. The number of rotatable bonds is 6. The molecule has 108 valence electrons. The first-order valence-electron chi connectivity index (χ1n) is 7.26. The van der Waals surface area contributed by atoms with Gasteiger partial charge in [0.25, 0.3) is 0 Å². The first kappa shape index (κ1) is 17.6. The monoisotopic (exact) mass is 264 g/mol. The molecule has 0 unspecified atom stereocenters. The van der Waals surface area contributed by atoms with Gasteiger partial charge in [-0.2, -0.15) is 0 Å². The summed E-state index contributed by atoms with van der Waals surface area (Å²) < 4.78 is 0. The molecule has 0 aliphatic heterocycles. The Labute approximate surface area is 117 Å². The molecule has 1 amide bonds. The SMILES string of the molecule is CC.CCCN(CC)C(=O)Cc1ccc(CN)cc1. The third-order valence-electron chi connectivity index (χ3n) is 2.84. The Morgan fingerprint density at radius 3 is 2.05 bits per heavy atom. The molecule has 0 saturated heterocycles. The molecule has 3 nitrogen and oxygen atoms in total. The molecular weight excluding hydrogens is 236 g/mol. The van der Waals surface area contributed by atoms with Gasteiger partial charge in [-0.1, -0.05) is 45.0 Å². The number of carbonyl (C=O) groups is 1. The summed E-state index contributed by atoms with van der Waals surface area (Å²) in [5.41, 5.74) is 7.69. The summed E-state index contributed by atoms with van der Waals surface area (Å²) >= 11 is 0. The van der Waals surface area contributed by atoms with Crippen molar-refractivity contribution in [3.63, 3.8) is 0 Å². The molecule has 2 N–H and O–H groups in total. The molecule has 19 heavy (non-hydrogen) atoms. The quantitative estimate of drug-likeness (QED) is 0.858. The molecule has 0 saturated carbocycles. The average molecular weight is 264 g/mol. The zero-order chi connectivity index (χ0) is 14.7. The smallest absolute Gasteiger partial charge is 0.226 e. The molecule has 1 rings (SSSR count). The number of benzene rings is 1. The Morgan fingerprint density at radius 1 is 1.11 bits per heavy atom. The van der Waals surface area contributed by atoms with Crippen LogP contribution < -0.4 is 5.73 Å². The van der Waals surface area contributed by atoms with E-state index in [-0.39, 0.29) is 5.91 Å². The van der Waals surface area contributed by atoms with Gasteiger partial charge in [0.2, 0.25) is 5.91 Å². The van der Waals surface area contributed by atoms with Crippen LogP contribution in [0.1, 0.15) is 45.2 Å². The minimum Gasteiger partial charge on any atom is -0.343 e. The van der Waals surface area contributed by atoms with Gasteiger partial charge < -0.3 is 10.6 Å². The number of nitrogens with two attached hydrogens (primary N) is 1. The topological polar surface area (TPSA) is 46.3 Å². The van der Waals surface area contributed by atoms with Gasteiger partial charge in [0.15, 0.2) is 0 Å². The summed E-state index contributed by atoms with van der Waals surface area (Å²) in [4.78, 5) is 13.9. The lowest BCUT2D eigenvalue weighted by atomic mass is 10.1. The predicted molar refractivity (Wildman–Crippen MR) is 81.9 cm³/mol. The highest BCUT2D eigenvalue weighted by Gasteiger charge is 2.10. The fourth-order valence-corrected chi connectivity index (χ4v) is 1.81. The summed E-state index contributed by atoms with van der Waals surface area (Å²) in [5.74, 6) is 0.204. The molecule has 0 aromatic heterocycles. The van der Waals surface area contributed by atoms with Gasteiger partial charge in [-0.15, -0.1) is 0 Å². The molecule has 1 aromatic carbocycles. The van der Waals surface area contributed by atoms with Gasteiger partial charge in [-0.05, 0) is 24.5 Å². The van der Waals surface area contributed by atoms with Gasteiger partial charge in [-0.3, -0.25) is 4.79 Å². The molecule has 0 bridgehead atoms. The fourth-order valence-electron chi connectivity index (χ4n) is 1.81. The first-order valence-corrected chi connectivity index (χ1v) is 7.26. The highest BCUT2D eigenvalue weighted by Crippen LogP contribution is 2.06. The molecule has 0 radical (unpaired) electrons. The van der Waals surface area contributed by atoms with Crippen molar-refractivity contribution in [3.05, 3.63) is 35.4 Å². The van der Waals surface area contributed by atoms with Crippen LogP contribution >= 0.6 is 0 Å². The highest BCUT2D eigenvalue weighted by atomic mass is 16.2. The largest absolute Gasteiger partial charge is 0.343 e. The number of amides is 1. The number of hydrogen-bond acceptors (Lipinski definition) is 2. The summed E-state index contributed by atoms with van der Waals surface area (Å²) in [6, 6.07) is 7.94. The third kappa shape index (κ3) is 6.39. The van der Waals surface area contributed by atoms with Crippen LogP contribution in [0.25, 0.3) is 0 Å². The van der Waals surface area contributed by atoms with Crippen molar-refractivity contribution in [1.29, 1.82) is 0 Å². The fraction of sp³-hybridized carbons (Fsp3) is 0.562. The van der Waals surface area contributed by atoms with Crippen LogP contribution in [-0.2, 0) is 17.8 Å². The lowest BCUT2D eigenvalue weighted by Gasteiger charge is -2.20. The van der Waals surface area contributed by atoms with E-state index in [1.165, 1.54) is 0 Å². The van der Waals surface area contributed by atoms with E-state index in [2.05, 4.69) is 6.92 Å². The lowest BCUT2D eigenvalue weighted by Crippen LogP contribution is -2.32. The van der Waals surface area contributed by atoms with Gasteiger partial charge in [0, 0.05) is 19.6 Å². The van der Waals surface area contributed by atoms with E-state index >= 15 is 0 Å². The van der Waals surface area contributed by atoms with Crippen LogP contribution in [0.2, 0.25) is 0 Å². The maximum absolute atomic E-state index is 12.0. The standard InChI is InChI=1S/C14H22N2O.C2H6/c1-3-9-16(4-2)14(17)10-12-5-7-13(11-15)8-6-12;1-2/h5-8H,3-4,9-11,15H2,1-2H3;1-2H3. The minimum absolute atomic E-state index is 0.204. The van der Waals surface area contributed by atoms with E-state index in [1.807, 2.05) is 49.9 Å². The molecule has 1 aromatic rings. The van der Waals surface area contributed by atoms with E-state index in [0.29, 0.717) is 13.0 Å². The molecule has 3 heteroatoms. The van der Waals surface area contributed by atoms with Crippen molar-refractivity contribution in [1.82, 2.24) is 4.90 Å². The summed E-state index contributed by atoms with van der Waals surface area (Å²) in [6.07, 6.45) is 1.49. The Kier molecular flexibility index (Phi) is 9.81. The second-order valence-corrected chi connectivity index (χ2v) is 4.17. The zero-order valence-electron chi connectivity index (χ0n) is 12.8. The van der Waals surface area contributed by atoms with E-state index in [4.69, 9.17) is 5.73 Å². The van der Waals surface area contributed by atoms with E-state index < -0.39 is 0 Å². The van der Waals surface area contributed by atoms with Crippen LogP contribution in [-0.4, -0.2) is 23.9 Å². The normalized spacial score (nSPS) is 9.53. The highest BCUT2D eigenvalue weighted by molar-refractivity contribution is 5.78. The van der Waals surface area contributed by atoms with E-state index in [1.54, 1.807) is 0 Å². The summed E-state index contributed by atoms with van der Waals surface area (Å²) in [5, 5.41) is 0. The van der Waals surface area contributed by atoms with Crippen molar-refractivity contribution in [2.75, 3.05) is 13.1 Å². The summed E-state index contributed by atoms with van der Waals surface area (Å²) in [7, 11) is 0. The van der Waals surface area contributed by atoms with Crippen LogP contribution in [0, 0.1) is 0 Å². The van der Waals surface area contributed by atoms with Crippen LogP contribution in [0.3, 0.4) is 0 Å². The maximum atomic E-state index is 12.0. The van der Waals surface area contributed by atoms with Crippen molar-refractivity contribution < 1.29 is 4.79 Å². The number of nitrogens with zero attached hydrogens (tertiary/aromatic N) is 1. The van der Waals surface area contributed by atoms with Gasteiger partial charge >= 0.3 is 0 Å². The Morgan fingerprint density at radius 2 is 1.63 bits per heavy atom. The molecule has 0 aliphatic carbocycles. The lowest BCUT2D eigenvalue weighted by molar-refractivity contribution is -0.130. The summed E-state index contributed by atoms with van der Waals surface area (Å²) in [6.45, 7) is 10.3. The molecule has 0 heterocycles. The second-order valence-electron chi connectivity index (χ2n) is 4.17. The number of likely N-dealkylation sites (N-methyl/N-ethyl adjacent to an activating group) is 1. The third-order valence-corrected chi connectivity index (χ3v) is 2.84. The van der Waals surface area contributed by atoms with Crippen LogP contribution in [0.15, 0.2) is 24.3 Å². The molecule has 0 atom stereocenters. The van der Waals surface area contributed by atoms with Gasteiger partial charge in [-0.25, -0.2) is 0 Å². The van der Waals surface area contributed by atoms with Crippen LogP contribution in [0.4, 0.5) is 0 Å². The van der Waals surface area contributed by atoms with Crippen molar-refractivity contribution in [2.24, 2.45) is 5.73 Å². The molecule has 0 spiro atoms. The van der Waals surface area contributed by atoms with Gasteiger partial charge in [0.1, 0.15) is 0 Å². The number of hydrogen-bond donors (Lipinski definition) is 1. The molecule has 0 aliphatic rings. The van der Waals surface area contributed by atoms with E-state index in [0.717, 1.165) is 30.6 Å². The average Bonchev–Trinajstić information content (AvgIpc) is 2.47. The van der Waals surface area contributed by atoms with Crippen molar-refractivity contribution >= 4 is 5.91 Å². The predicted octanol–water partition coefficient (Wildman–Crippen LogP) is 2.97. The van der Waals surface area contributed by atoms with Gasteiger partial charge in [0.05, 0.1) is 6.42 Å². The Hall–Kier alpha value is -1.35. The first-order chi connectivity index (χ1) is 9.21. The number of carbonyl (C=O) groups excluding carboxylic acids is 1.